The Bertz CT molecular complexity index is 745. The van der Waals surface area contributed by atoms with Crippen LogP contribution in [0.1, 0.15) is 24.5 Å². The Kier molecular flexibility index (Phi) is 8.98. The molecule has 0 radical (unpaired) electrons. The van der Waals surface area contributed by atoms with E-state index in [1.54, 1.807) is 21.3 Å². The van der Waals surface area contributed by atoms with Crippen molar-refractivity contribution in [1.29, 1.82) is 0 Å². The van der Waals surface area contributed by atoms with E-state index in [0.717, 1.165) is 48.2 Å². The lowest BCUT2D eigenvalue weighted by Gasteiger charge is -2.14. The summed E-state index contributed by atoms with van der Waals surface area (Å²) in [5.74, 6) is 3.15. The van der Waals surface area contributed by atoms with Crippen LogP contribution in [0.25, 0.3) is 0 Å². The third-order valence-corrected chi connectivity index (χ3v) is 4.24. The van der Waals surface area contributed by atoms with Crippen LogP contribution in [0, 0.1) is 0 Å². The predicted octanol–water partition coefficient (Wildman–Crippen LogP) is 3.40. The molecule has 0 amide bonds. The van der Waals surface area contributed by atoms with Crippen LogP contribution in [0.15, 0.2) is 47.5 Å². The van der Waals surface area contributed by atoms with Gasteiger partial charge in [0.25, 0.3) is 0 Å². The summed E-state index contributed by atoms with van der Waals surface area (Å²) in [5, 5.41) is 6.66. The Balaban J connectivity index is 1.82. The number of methoxy groups -OCH3 is 2. The van der Waals surface area contributed by atoms with Crippen molar-refractivity contribution in [2.75, 3.05) is 34.4 Å². The number of hydrogen-bond donors (Lipinski definition) is 2. The summed E-state index contributed by atoms with van der Waals surface area (Å²) in [4.78, 5) is 4.28. The summed E-state index contributed by atoms with van der Waals surface area (Å²) in [6, 6.07) is 14.1. The van der Waals surface area contributed by atoms with E-state index in [2.05, 4.69) is 34.7 Å². The zero-order valence-electron chi connectivity index (χ0n) is 17.2. The first-order valence-corrected chi connectivity index (χ1v) is 9.57. The largest absolute Gasteiger partial charge is 0.497 e. The molecule has 6 nitrogen and oxygen atoms in total. The highest BCUT2D eigenvalue weighted by Gasteiger charge is 2.06. The molecule has 28 heavy (non-hydrogen) atoms. The maximum atomic E-state index is 5.70. The minimum Gasteiger partial charge on any atom is -0.497 e. The van der Waals surface area contributed by atoms with Gasteiger partial charge >= 0.3 is 0 Å². The lowest BCUT2D eigenvalue weighted by molar-refractivity contribution is 0.294. The molecule has 2 rings (SSSR count). The molecular formula is C22H31N3O3. The highest BCUT2D eigenvalue weighted by atomic mass is 16.5. The Morgan fingerprint density at radius 3 is 2.32 bits per heavy atom. The van der Waals surface area contributed by atoms with Crippen molar-refractivity contribution in [2.45, 2.75) is 26.3 Å². The molecule has 0 saturated heterocycles. The number of nitrogens with zero attached hydrogens (tertiary/aromatic N) is 1. The second kappa shape index (κ2) is 11.7. The molecule has 2 aromatic rings. The van der Waals surface area contributed by atoms with E-state index in [9.17, 15) is 0 Å². The van der Waals surface area contributed by atoms with Gasteiger partial charge in [-0.1, -0.05) is 25.1 Å². The first-order valence-electron chi connectivity index (χ1n) is 9.57. The maximum absolute atomic E-state index is 5.70. The van der Waals surface area contributed by atoms with Crippen molar-refractivity contribution in [3.05, 3.63) is 53.6 Å². The summed E-state index contributed by atoms with van der Waals surface area (Å²) in [6.07, 6.45) is 1.87. The molecule has 0 bridgehead atoms. The van der Waals surface area contributed by atoms with Crippen molar-refractivity contribution < 1.29 is 14.2 Å². The van der Waals surface area contributed by atoms with Crippen LogP contribution in [-0.4, -0.2) is 40.4 Å². The molecular weight excluding hydrogens is 354 g/mol. The summed E-state index contributed by atoms with van der Waals surface area (Å²) in [6.45, 7) is 4.20. The van der Waals surface area contributed by atoms with Crippen LogP contribution < -0.4 is 24.8 Å². The SMILES string of the molecule is CCCOc1ccc(CNC(=NC)NCCc2ccc(OC)cc2)cc1OC. The van der Waals surface area contributed by atoms with Gasteiger partial charge in [-0.25, -0.2) is 0 Å². The van der Waals surface area contributed by atoms with Gasteiger partial charge < -0.3 is 24.8 Å². The van der Waals surface area contributed by atoms with Crippen LogP contribution in [0.4, 0.5) is 0 Å². The van der Waals surface area contributed by atoms with E-state index < -0.39 is 0 Å². The van der Waals surface area contributed by atoms with Crippen LogP contribution >= 0.6 is 0 Å². The van der Waals surface area contributed by atoms with Gasteiger partial charge in [0.1, 0.15) is 5.75 Å². The van der Waals surface area contributed by atoms with Crippen LogP contribution in [0.3, 0.4) is 0 Å². The molecule has 2 N–H and O–H groups in total. The molecule has 0 aliphatic rings. The third kappa shape index (κ3) is 6.68. The van der Waals surface area contributed by atoms with Crippen molar-refractivity contribution in [3.63, 3.8) is 0 Å². The van der Waals surface area contributed by atoms with Gasteiger partial charge in [-0.2, -0.15) is 0 Å². The normalized spacial score (nSPS) is 11.1. The molecule has 0 fully saturated rings. The second-order valence-corrected chi connectivity index (χ2v) is 6.28. The van der Waals surface area contributed by atoms with Crippen LogP contribution in [-0.2, 0) is 13.0 Å². The van der Waals surface area contributed by atoms with Crippen molar-refractivity contribution in [3.8, 4) is 17.2 Å². The lowest BCUT2D eigenvalue weighted by atomic mass is 10.1. The number of hydrogen-bond acceptors (Lipinski definition) is 4. The summed E-state index contributed by atoms with van der Waals surface area (Å²) in [7, 11) is 5.10. The lowest BCUT2D eigenvalue weighted by Crippen LogP contribution is -2.37. The number of ether oxygens (including phenoxy) is 3. The summed E-state index contributed by atoms with van der Waals surface area (Å²) in [5.41, 5.74) is 2.34. The topological polar surface area (TPSA) is 64.1 Å². The van der Waals surface area contributed by atoms with Gasteiger partial charge in [0.15, 0.2) is 17.5 Å². The molecule has 0 aliphatic carbocycles. The fourth-order valence-electron chi connectivity index (χ4n) is 2.68. The highest BCUT2D eigenvalue weighted by molar-refractivity contribution is 5.79. The van der Waals surface area contributed by atoms with Gasteiger partial charge in [-0.05, 0) is 48.2 Å². The van der Waals surface area contributed by atoms with Crippen LogP contribution in [0.2, 0.25) is 0 Å². The zero-order valence-corrected chi connectivity index (χ0v) is 17.2. The molecule has 0 spiro atoms. The molecule has 0 heterocycles. The number of rotatable bonds is 10. The molecule has 0 aliphatic heterocycles. The Morgan fingerprint density at radius 1 is 0.929 bits per heavy atom. The van der Waals surface area contributed by atoms with E-state index >= 15 is 0 Å². The van der Waals surface area contributed by atoms with E-state index in [0.29, 0.717) is 13.2 Å². The molecule has 6 heteroatoms. The number of nitrogens with one attached hydrogen (secondary N) is 2. The first-order chi connectivity index (χ1) is 13.7. The number of guanidine groups is 1. The molecule has 152 valence electrons. The van der Waals surface area contributed by atoms with Gasteiger partial charge in [0, 0.05) is 20.1 Å². The van der Waals surface area contributed by atoms with Crippen molar-refractivity contribution >= 4 is 5.96 Å². The van der Waals surface area contributed by atoms with Gasteiger partial charge in [-0.15, -0.1) is 0 Å². The van der Waals surface area contributed by atoms with Gasteiger partial charge in [0.05, 0.1) is 20.8 Å². The Morgan fingerprint density at radius 2 is 1.68 bits per heavy atom. The Labute approximate surface area is 167 Å². The maximum Gasteiger partial charge on any atom is 0.191 e. The van der Waals surface area contributed by atoms with E-state index in [1.165, 1.54) is 5.56 Å². The average molecular weight is 386 g/mol. The van der Waals surface area contributed by atoms with Crippen LogP contribution in [0.5, 0.6) is 17.2 Å². The highest BCUT2D eigenvalue weighted by Crippen LogP contribution is 2.28. The zero-order chi connectivity index (χ0) is 20.2. The van der Waals surface area contributed by atoms with E-state index in [1.807, 2.05) is 30.3 Å². The Hall–Kier alpha value is -2.89. The smallest absolute Gasteiger partial charge is 0.191 e. The molecule has 0 atom stereocenters. The van der Waals surface area contributed by atoms with Gasteiger partial charge in [0.2, 0.25) is 0 Å². The molecule has 0 aromatic heterocycles. The fraction of sp³-hybridized carbons (Fsp3) is 0.409. The first kappa shape index (κ1) is 21.4. The summed E-state index contributed by atoms with van der Waals surface area (Å²) >= 11 is 0. The minimum absolute atomic E-state index is 0.645. The number of aliphatic imine (C=N–C) groups is 1. The quantitative estimate of drug-likeness (QED) is 0.485. The number of benzene rings is 2. The molecule has 0 unspecified atom stereocenters. The average Bonchev–Trinajstić information content (AvgIpc) is 2.75. The predicted molar refractivity (Wildman–Crippen MR) is 114 cm³/mol. The van der Waals surface area contributed by atoms with E-state index in [4.69, 9.17) is 14.2 Å². The fourth-order valence-corrected chi connectivity index (χ4v) is 2.68. The van der Waals surface area contributed by atoms with Crippen molar-refractivity contribution in [2.24, 2.45) is 4.99 Å². The van der Waals surface area contributed by atoms with E-state index in [-0.39, 0.29) is 0 Å². The standard InChI is InChI=1S/C22H31N3O3/c1-5-14-28-20-11-8-18(15-21(20)27-4)16-25-22(23-2)24-13-12-17-6-9-19(26-3)10-7-17/h6-11,15H,5,12-14,16H2,1-4H3,(H2,23,24,25). The third-order valence-electron chi connectivity index (χ3n) is 4.24. The molecule has 0 saturated carbocycles. The second-order valence-electron chi connectivity index (χ2n) is 6.28. The molecule has 2 aromatic carbocycles. The monoisotopic (exact) mass is 385 g/mol. The summed E-state index contributed by atoms with van der Waals surface area (Å²) < 4.78 is 16.3. The van der Waals surface area contributed by atoms with Crippen molar-refractivity contribution in [1.82, 2.24) is 10.6 Å². The van der Waals surface area contributed by atoms with Gasteiger partial charge in [-0.3, -0.25) is 4.99 Å². The minimum atomic E-state index is 0.645.